The highest BCUT2D eigenvalue weighted by molar-refractivity contribution is 6.60. The van der Waals surface area contributed by atoms with E-state index in [1.165, 1.54) is 19.2 Å². The molecule has 0 aliphatic rings. The molecule has 0 spiro atoms. The van der Waals surface area contributed by atoms with Gasteiger partial charge in [-0.3, -0.25) is 0 Å². The second kappa shape index (κ2) is 7.26. The molecule has 114 valence electrons. The van der Waals surface area contributed by atoms with Crippen molar-refractivity contribution < 1.29 is 22.1 Å². The molecule has 1 aromatic carbocycles. The Balaban J connectivity index is 3.03. The van der Waals surface area contributed by atoms with E-state index in [4.69, 9.17) is 13.3 Å². The van der Waals surface area contributed by atoms with Gasteiger partial charge in [-0.1, -0.05) is 6.07 Å². The molecular formula is C14H22F2O3Si. The minimum atomic E-state index is -3.05. The molecule has 0 saturated heterocycles. The van der Waals surface area contributed by atoms with Crippen molar-refractivity contribution in [1.82, 2.24) is 0 Å². The average Bonchev–Trinajstić information content (AvgIpc) is 2.31. The van der Waals surface area contributed by atoms with E-state index < -0.39 is 20.4 Å². The second-order valence-corrected chi connectivity index (χ2v) is 7.73. The van der Waals surface area contributed by atoms with Crippen LogP contribution in [0, 0.1) is 11.6 Å². The first-order chi connectivity index (χ1) is 9.28. The van der Waals surface area contributed by atoms with Gasteiger partial charge in [-0.25, -0.2) is 8.78 Å². The molecular weight excluding hydrogens is 282 g/mol. The van der Waals surface area contributed by atoms with Crippen LogP contribution in [0.1, 0.15) is 33.3 Å². The lowest BCUT2D eigenvalue weighted by Crippen LogP contribution is -2.51. The van der Waals surface area contributed by atoms with E-state index in [0.29, 0.717) is 5.56 Å². The zero-order valence-electron chi connectivity index (χ0n) is 12.6. The van der Waals surface area contributed by atoms with Gasteiger partial charge in [0.05, 0.1) is 0 Å². The Bertz CT molecular complexity index is 428. The Hall–Kier alpha value is -0.823. The summed E-state index contributed by atoms with van der Waals surface area (Å²) in [6.45, 7) is 7.47. The van der Waals surface area contributed by atoms with Crippen molar-refractivity contribution >= 4 is 8.80 Å². The van der Waals surface area contributed by atoms with Gasteiger partial charge in [-0.05, 0) is 39.3 Å². The topological polar surface area (TPSA) is 27.7 Å². The Kier molecular flexibility index (Phi) is 6.26. The highest BCUT2D eigenvalue weighted by Gasteiger charge is 2.43. The van der Waals surface area contributed by atoms with Crippen molar-refractivity contribution in [2.45, 2.75) is 45.9 Å². The van der Waals surface area contributed by atoms with E-state index in [9.17, 15) is 8.78 Å². The molecule has 1 aromatic rings. The largest absolute Gasteiger partial charge is 0.505 e. The first-order valence-corrected chi connectivity index (χ1v) is 8.56. The van der Waals surface area contributed by atoms with Crippen molar-refractivity contribution in [3.05, 3.63) is 35.4 Å². The van der Waals surface area contributed by atoms with Gasteiger partial charge >= 0.3 is 8.80 Å². The van der Waals surface area contributed by atoms with Gasteiger partial charge in [0.15, 0.2) is 0 Å². The number of rotatable bonds is 7. The zero-order chi connectivity index (χ0) is 15.3. The molecule has 0 bridgehead atoms. The third-order valence-corrected chi connectivity index (χ3v) is 5.66. The standard InChI is InChI=1S/C14H22F2O3Si/c1-10(2)18-20(17-5,19-11(3)4)9-12-6-7-13(15)8-14(12)16/h6-8,10-11H,9H2,1-5H3. The molecule has 0 aromatic heterocycles. The number of hydrogen-bond donors (Lipinski definition) is 0. The van der Waals surface area contributed by atoms with Gasteiger partial charge in [0, 0.05) is 31.4 Å². The quantitative estimate of drug-likeness (QED) is 0.722. The third-order valence-electron chi connectivity index (χ3n) is 2.56. The third kappa shape index (κ3) is 4.94. The molecule has 0 unspecified atom stereocenters. The molecule has 0 fully saturated rings. The first kappa shape index (κ1) is 17.2. The molecule has 0 saturated carbocycles. The van der Waals surface area contributed by atoms with Crippen molar-refractivity contribution in [1.29, 1.82) is 0 Å². The van der Waals surface area contributed by atoms with Crippen LogP contribution in [0.4, 0.5) is 8.78 Å². The molecule has 20 heavy (non-hydrogen) atoms. The minimum Gasteiger partial charge on any atom is -0.377 e. The highest BCUT2D eigenvalue weighted by Crippen LogP contribution is 2.22. The molecule has 0 heterocycles. The highest BCUT2D eigenvalue weighted by atomic mass is 28.4. The lowest BCUT2D eigenvalue weighted by atomic mass is 10.2. The Morgan fingerprint density at radius 2 is 1.60 bits per heavy atom. The number of benzene rings is 1. The SMILES string of the molecule is CO[Si](Cc1ccc(F)cc1F)(OC(C)C)OC(C)C. The van der Waals surface area contributed by atoms with E-state index in [1.807, 2.05) is 27.7 Å². The van der Waals surface area contributed by atoms with Crippen molar-refractivity contribution in [3.63, 3.8) is 0 Å². The molecule has 0 radical (unpaired) electrons. The van der Waals surface area contributed by atoms with Crippen LogP contribution in [0.5, 0.6) is 0 Å². The van der Waals surface area contributed by atoms with Crippen LogP contribution in [-0.2, 0) is 19.3 Å². The monoisotopic (exact) mass is 304 g/mol. The van der Waals surface area contributed by atoms with Crippen LogP contribution in [0.25, 0.3) is 0 Å². The van der Waals surface area contributed by atoms with Crippen molar-refractivity contribution in [2.24, 2.45) is 0 Å². The molecule has 0 N–H and O–H groups in total. The summed E-state index contributed by atoms with van der Waals surface area (Å²) in [6, 6.07) is 3.65. The summed E-state index contributed by atoms with van der Waals surface area (Å²) in [7, 11) is -1.55. The van der Waals surface area contributed by atoms with Crippen LogP contribution in [-0.4, -0.2) is 28.1 Å². The van der Waals surface area contributed by atoms with Crippen molar-refractivity contribution in [2.75, 3.05) is 7.11 Å². The van der Waals surface area contributed by atoms with E-state index in [2.05, 4.69) is 0 Å². The molecule has 0 amide bonds. The zero-order valence-corrected chi connectivity index (χ0v) is 13.6. The molecule has 1 rings (SSSR count). The summed E-state index contributed by atoms with van der Waals surface area (Å²) < 4.78 is 43.9. The summed E-state index contributed by atoms with van der Waals surface area (Å²) in [5.41, 5.74) is 0.334. The maximum atomic E-state index is 13.8. The van der Waals surface area contributed by atoms with Crippen LogP contribution >= 0.6 is 0 Å². The Labute approximate surface area is 120 Å². The fraction of sp³-hybridized carbons (Fsp3) is 0.571. The maximum absolute atomic E-state index is 13.8. The van der Waals surface area contributed by atoms with E-state index >= 15 is 0 Å². The maximum Gasteiger partial charge on any atom is 0.505 e. The predicted molar refractivity (Wildman–Crippen MR) is 75.3 cm³/mol. The minimum absolute atomic E-state index is 0.108. The predicted octanol–water partition coefficient (Wildman–Crippen LogP) is 3.48. The molecule has 0 aliphatic carbocycles. The fourth-order valence-corrected chi connectivity index (χ4v) is 4.64. The summed E-state index contributed by atoms with van der Waals surface area (Å²) in [5, 5.41) is 0. The molecule has 3 nitrogen and oxygen atoms in total. The van der Waals surface area contributed by atoms with Gasteiger partial charge in [0.2, 0.25) is 0 Å². The smallest absolute Gasteiger partial charge is 0.377 e. The van der Waals surface area contributed by atoms with E-state index in [-0.39, 0.29) is 18.3 Å². The second-order valence-electron chi connectivity index (χ2n) is 5.13. The summed E-state index contributed by atoms with van der Waals surface area (Å²) in [6.07, 6.45) is -0.215. The van der Waals surface area contributed by atoms with Gasteiger partial charge in [0.25, 0.3) is 0 Å². The van der Waals surface area contributed by atoms with Crippen molar-refractivity contribution in [3.8, 4) is 0 Å². The van der Waals surface area contributed by atoms with Gasteiger partial charge < -0.3 is 13.3 Å². The number of halogens is 2. The lowest BCUT2D eigenvalue weighted by molar-refractivity contribution is 0.0317. The lowest BCUT2D eigenvalue weighted by Gasteiger charge is -2.31. The van der Waals surface area contributed by atoms with Crippen LogP contribution < -0.4 is 0 Å². The number of hydrogen-bond acceptors (Lipinski definition) is 3. The van der Waals surface area contributed by atoms with Crippen LogP contribution in [0.15, 0.2) is 18.2 Å². The molecule has 0 atom stereocenters. The summed E-state index contributed by atoms with van der Waals surface area (Å²) in [4.78, 5) is 0. The fourth-order valence-electron chi connectivity index (χ4n) is 1.90. The normalized spacial score (nSPS) is 12.4. The Morgan fingerprint density at radius 1 is 1.05 bits per heavy atom. The molecule has 0 aliphatic heterocycles. The molecule has 6 heteroatoms. The van der Waals surface area contributed by atoms with Crippen LogP contribution in [0.3, 0.4) is 0 Å². The van der Waals surface area contributed by atoms with E-state index in [1.54, 1.807) is 0 Å². The summed E-state index contributed by atoms with van der Waals surface area (Å²) in [5.74, 6) is -1.22. The van der Waals surface area contributed by atoms with Gasteiger partial charge in [0.1, 0.15) is 11.6 Å². The first-order valence-electron chi connectivity index (χ1n) is 6.62. The van der Waals surface area contributed by atoms with E-state index in [0.717, 1.165) is 6.07 Å². The van der Waals surface area contributed by atoms with Gasteiger partial charge in [-0.15, -0.1) is 0 Å². The summed E-state index contributed by atoms with van der Waals surface area (Å²) >= 11 is 0. The van der Waals surface area contributed by atoms with Gasteiger partial charge in [-0.2, -0.15) is 0 Å². The van der Waals surface area contributed by atoms with Crippen LogP contribution in [0.2, 0.25) is 0 Å². The average molecular weight is 304 g/mol. The Morgan fingerprint density at radius 3 is 2.00 bits per heavy atom.